The number of ether oxygens (including phenoxy) is 1. The van der Waals surface area contributed by atoms with Gasteiger partial charge in [-0.05, 0) is 13.8 Å². The monoisotopic (exact) mass is 422 g/mol. The number of aromatic nitrogens is 4. The standard InChI is InChI=1S/C14H24N4O.2BrH/c1-3-15-5-7-17(13-15)9-11-19-12-10-18-8-6-16(4-2)14-18;;/h5-8,13-14H,3-4,9-12H2,1-2H3;2*1H/q+2;;/p-2. The van der Waals surface area contributed by atoms with Crippen LogP contribution in [0.3, 0.4) is 0 Å². The largest absolute Gasteiger partial charge is 1.00 e. The third-order valence-electron chi connectivity index (χ3n) is 3.21. The Hall–Kier alpha value is -0.660. The highest BCUT2D eigenvalue weighted by Gasteiger charge is 2.03. The van der Waals surface area contributed by atoms with Gasteiger partial charge in [0, 0.05) is 0 Å². The maximum Gasteiger partial charge on any atom is 0.243 e. The van der Waals surface area contributed by atoms with Gasteiger partial charge in [0.2, 0.25) is 12.7 Å². The molecule has 2 heterocycles. The molecule has 0 aliphatic carbocycles. The van der Waals surface area contributed by atoms with Crippen LogP contribution in [0.15, 0.2) is 37.4 Å². The summed E-state index contributed by atoms with van der Waals surface area (Å²) in [5.74, 6) is 0. The highest BCUT2D eigenvalue weighted by Crippen LogP contribution is 1.85. The number of rotatable bonds is 8. The number of halogens is 2. The van der Waals surface area contributed by atoms with Gasteiger partial charge in [0.25, 0.3) is 0 Å². The van der Waals surface area contributed by atoms with Crippen LogP contribution in [0.25, 0.3) is 0 Å². The summed E-state index contributed by atoms with van der Waals surface area (Å²) in [6.45, 7) is 9.64. The SMILES string of the molecule is CCn1cc[n+](CCOCC[n+]2ccn(CC)c2)c1.[Br-].[Br-]. The maximum absolute atomic E-state index is 5.67. The summed E-state index contributed by atoms with van der Waals surface area (Å²) in [6.07, 6.45) is 12.6. The fourth-order valence-electron chi connectivity index (χ4n) is 1.96. The second kappa shape index (κ2) is 11.0. The van der Waals surface area contributed by atoms with Crippen molar-refractivity contribution in [3.8, 4) is 0 Å². The van der Waals surface area contributed by atoms with E-state index in [0.29, 0.717) is 0 Å². The fourth-order valence-corrected chi connectivity index (χ4v) is 1.96. The summed E-state index contributed by atoms with van der Waals surface area (Å²) < 4.78 is 14.3. The van der Waals surface area contributed by atoms with E-state index >= 15 is 0 Å². The zero-order chi connectivity index (χ0) is 13.5. The lowest BCUT2D eigenvalue weighted by Crippen LogP contribution is -3.00. The molecule has 2 rings (SSSR count). The first-order chi connectivity index (χ1) is 9.31. The van der Waals surface area contributed by atoms with Crippen LogP contribution < -0.4 is 43.1 Å². The van der Waals surface area contributed by atoms with E-state index in [-0.39, 0.29) is 34.0 Å². The summed E-state index contributed by atoms with van der Waals surface area (Å²) in [7, 11) is 0. The predicted molar refractivity (Wildman–Crippen MR) is 71.4 cm³/mol. The zero-order valence-corrected chi connectivity index (χ0v) is 15.8. The molecule has 0 atom stereocenters. The van der Waals surface area contributed by atoms with Gasteiger partial charge >= 0.3 is 0 Å². The Bertz CT molecular complexity index is 454. The number of hydrogen-bond donors (Lipinski definition) is 0. The average Bonchev–Trinajstić information content (AvgIpc) is 3.06. The van der Waals surface area contributed by atoms with Crippen LogP contribution in [0.1, 0.15) is 13.8 Å². The second-order valence-electron chi connectivity index (χ2n) is 4.58. The summed E-state index contributed by atoms with van der Waals surface area (Å²) in [4.78, 5) is 0. The Morgan fingerprint density at radius 2 is 1.24 bits per heavy atom. The van der Waals surface area contributed by atoms with E-state index in [9.17, 15) is 0 Å². The van der Waals surface area contributed by atoms with Crippen molar-refractivity contribution in [2.75, 3.05) is 13.2 Å². The molecule has 0 aliphatic heterocycles. The van der Waals surface area contributed by atoms with Crippen molar-refractivity contribution in [2.45, 2.75) is 40.0 Å². The lowest BCUT2D eigenvalue weighted by atomic mass is 10.6. The van der Waals surface area contributed by atoms with Gasteiger partial charge in [0.15, 0.2) is 0 Å². The van der Waals surface area contributed by atoms with Crippen molar-refractivity contribution in [2.24, 2.45) is 0 Å². The van der Waals surface area contributed by atoms with Gasteiger partial charge in [-0.25, -0.2) is 18.3 Å². The molecule has 2 aromatic heterocycles. The van der Waals surface area contributed by atoms with Crippen LogP contribution in [0.5, 0.6) is 0 Å². The minimum absolute atomic E-state index is 0. The molecule has 0 radical (unpaired) electrons. The van der Waals surface area contributed by atoms with Gasteiger partial charge in [0.1, 0.15) is 37.9 Å². The molecule has 0 aliphatic rings. The Morgan fingerprint density at radius 1 is 0.810 bits per heavy atom. The summed E-state index contributed by atoms with van der Waals surface area (Å²) >= 11 is 0. The molecule has 0 bridgehead atoms. The summed E-state index contributed by atoms with van der Waals surface area (Å²) in [5.41, 5.74) is 0. The van der Waals surface area contributed by atoms with Gasteiger partial charge in [-0.3, -0.25) is 0 Å². The molecular weight excluding hydrogens is 400 g/mol. The van der Waals surface area contributed by atoms with Crippen LogP contribution >= 0.6 is 0 Å². The van der Waals surface area contributed by atoms with Crippen molar-refractivity contribution in [1.29, 1.82) is 0 Å². The number of aryl methyl sites for hydroxylation is 2. The van der Waals surface area contributed by atoms with Gasteiger partial charge in [-0.15, -0.1) is 0 Å². The molecule has 21 heavy (non-hydrogen) atoms. The van der Waals surface area contributed by atoms with Gasteiger partial charge < -0.3 is 38.7 Å². The first-order valence-electron chi connectivity index (χ1n) is 6.99. The predicted octanol–water partition coefficient (Wildman–Crippen LogP) is -5.37. The smallest absolute Gasteiger partial charge is 0.243 e. The Balaban J connectivity index is 0.00000200. The van der Waals surface area contributed by atoms with E-state index in [2.05, 4.69) is 69.6 Å². The van der Waals surface area contributed by atoms with Crippen LogP contribution in [0, 0.1) is 0 Å². The summed E-state index contributed by atoms with van der Waals surface area (Å²) in [6, 6.07) is 0. The lowest BCUT2D eigenvalue weighted by molar-refractivity contribution is -0.704. The van der Waals surface area contributed by atoms with E-state index < -0.39 is 0 Å². The number of imidazole rings is 2. The van der Waals surface area contributed by atoms with Crippen molar-refractivity contribution in [1.82, 2.24) is 9.13 Å². The minimum atomic E-state index is 0. The van der Waals surface area contributed by atoms with Gasteiger partial charge in [-0.2, -0.15) is 0 Å². The van der Waals surface area contributed by atoms with E-state index in [1.54, 1.807) is 0 Å². The van der Waals surface area contributed by atoms with Crippen LogP contribution in [-0.4, -0.2) is 22.3 Å². The van der Waals surface area contributed by atoms with E-state index in [1.165, 1.54) is 0 Å². The summed E-state index contributed by atoms with van der Waals surface area (Å²) in [5, 5.41) is 0. The molecule has 7 heteroatoms. The topological polar surface area (TPSA) is 26.8 Å². The first-order valence-corrected chi connectivity index (χ1v) is 6.99. The fraction of sp³-hybridized carbons (Fsp3) is 0.571. The van der Waals surface area contributed by atoms with Crippen molar-refractivity contribution < 1.29 is 47.8 Å². The molecule has 0 spiro atoms. The quantitative estimate of drug-likeness (QED) is 0.307. The Labute approximate surface area is 147 Å². The van der Waals surface area contributed by atoms with E-state index in [0.717, 1.165) is 39.4 Å². The van der Waals surface area contributed by atoms with E-state index in [4.69, 9.17) is 4.74 Å². The highest BCUT2D eigenvalue weighted by molar-refractivity contribution is 4.65. The second-order valence-corrected chi connectivity index (χ2v) is 4.58. The number of nitrogens with zero attached hydrogens (tertiary/aromatic N) is 4. The highest BCUT2D eigenvalue weighted by atomic mass is 79.9. The van der Waals surface area contributed by atoms with Crippen molar-refractivity contribution >= 4 is 0 Å². The molecular formula is C14H24Br2N4O. The maximum atomic E-state index is 5.67. The van der Waals surface area contributed by atoms with Gasteiger partial charge in [0.05, 0.1) is 26.3 Å². The lowest BCUT2D eigenvalue weighted by Gasteiger charge is -2.00. The molecule has 0 N–H and O–H groups in total. The Morgan fingerprint density at radius 3 is 1.57 bits per heavy atom. The third-order valence-corrected chi connectivity index (χ3v) is 3.21. The molecule has 0 fully saturated rings. The number of hydrogen-bond acceptors (Lipinski definition) is 1. The molecule has 0 unspecified atom stereocenters. The molecule has 0 amide bonds. The molecule has 0 saturated heterocycles. The normalized spacial score (nSPS) is 10.0. The Kier molecular flexibility index (Phi) is 10.6. The molecule has 0 saturated carbocycles. The average molecular weight is 424 g/mol. The van der Waals surface area contributed by atoms with E-state index in [1.807, 2.05) is 0 Å². The first kappa shape index (κ1) is 20.3. The molecule has 2 aromatic rings. The van der Waals surface area contributed by atoms with Crippen LogP contribution in [0.4, 0.5) is 0 Å². The molecule has 120 valence electrons. The van der Waals surface area contributed by atoms with Gasteiger partial charge in [-0.1, -0.05) is 0 Å². The molecule has 0 aromatic carbocycles. The van der Waals surface area contributed by atoms with Crippen molar-refractivity contribution in [3.05, 3.63) is 37.4 Å². The third kappa shape index (κ3) is 6.76. The van der Waals surface area contributed by atoms with Crippen molar-refractivity contribution in [3.63, 3.8) is 0 Å². The van der Waals surface area contributed by atoms with Crippen LogP contribution in [-0.2, 0) is 30.9 Å². The van der Waals surface area contributed by atoms with Crippen LogP contribution in [0.2, 0.25) is 0 Å². The molecule has 5 nitrogen and oxygen atoms in total. The minimum Gasteiger partial charge on any atom is -1.00 e. The zero-order valence-electron chi connectivity index (χ0n) is 12.7.